The summed E-state index contributed by atoms with van der Waals surface area (Å²) in [5, 5.41) is 3.55. The van der Waals surface area contributed by atoms with Crippen LogP contribution in [0, 0.1) is 5.92 Å². The van der Waals surface area contributed by atoms with Crippen molar-refractivity contribution in [3.8, 4) is 0 Å². The van der Waals surface area contributed by atoms with Gasteiger partial charge in [0.25, 0.3) is 0 Å². The van der Waals surface area contributed by atoms with Gasteiger partial charge in [-0.25, -0.2) is 0 Å². The minimum atomic E-state index is 0.144. The highest BCUT2D eigenvalue weighted by atomic mass is 16.5. The van der Waals surface area contributed by atoms with Crippen molar-refractivity contribution in [1.82, 2.24) is 5.32 Å². The highest BCUT2D eigenvalue weighted by Gasteiger charge is 2.29. The van der Waals surface area contributed by atoms with Gasteiger partial charge in [0.15, 0.2) is 0 Å². The van der Waals surface area contributed by atoms with Gasteiger partial charge in [0, 0.05) is 18.7 Å². The molecule has 2 aliphatic rings. The molecule has 1 aliphatic heterocycles. The van der Waals surface area contributed by atoms with Crippen molar-refractivity contribution in [2.45, 2.75) is 57.1 Å². The molecular formula is C13H26N2O. The second-order valence-electron chi connectivity index (χ2n) is 5.65. The van der Waals surface area contributed by atoms with E-state index in [9.17, 15) is 0 Å². The molecule has 1 saturated heterocycles. The maximum atomic E-state index is 6.32. The highest BCUT2D eigenvalue weighted by Crippen LogP contribution is 2.29. The number of hydrogen-bond donors (Lipinski definition) is 2. The Bertz CT molecular complexity index is 214. The van der Waals surface area contributed by atoms with Crippen LogP contribution in [0.4, 0.5) is 0 Å². The Morgan fingerprint density at radius 2 is 2.12 bits per heavy atom. The molecule has 3 N–H and O–H groups in total. The van der Waals surface area contributed by atoms with Crippen LogP contribution in [-0.2, 0) is 4.74 Å². The third-order valence-corrected chi connectivity index (χ3v) is 4.34. The Balaban J connectivity index is 1.58. The zero-order chi connectivity index (χ0) is 11.4. The highest BCUT2D eigenvalue weighted by molar-refractivity contribution is 4.89. The molecule has 0 aromatic heterocycles. The number of hydrogen-bond acceptors (Lipinski definition) is 3. The van der Waals surface area contributed by atoms with Crippen LogP contribution in [0.3, 0.4) is 0 Å². The fourth-order valence-electron chi connectivity index (χ4n) is 3.00. The lowest BCUT2D eigenvalue weighted by molar-refractivity contribution is 0.105. The van der Waals surface area contributed by atoms with Crippen molar-refractivity contribution in [3.05, 3.63) is 0 Å². The van der Waals surface area contributed by atoms with Crippen LogP contribution in [0.2, 0.25) is 0 Å². The topological polar surface area (TPSA) is 47.3 Å². The van der Waals surface area contributed by atoms with Crippen molar-refractivity contribution in [3.63, 3.8) is 0 Å². The van der Waals surface area contributed by atoms with Gasteiger partial charge in [-0.05, 0) is 45.1 Å². The van der Waals surface area contributed by atoms with E-state index < -0.39 is 0 Å². The normalized spacial score (nSPS) is 33.4. The van der Waals surface area contributed by atoms with Gasteiger partial charge in [0.1, 0.15) is 0 Å². The Morgan fingerprint density at radius 1 is 1.38 bits per heavy atom. The van der Waals surface area contributed by atoms with Crippen molar-refractivity contribution >= 4 is 0 Å². The fourth-order valence-corrected chi connectivity index (χ4v) is 3.00. The molecule has 0 aromatic carbocycles. The first kappa shape index (κ1) is 12.3. The zero-order valence-electron chi connectivity index (χ0n) is 10.5. The molecule has 0 bridgehead atoms. The van der Waals surface area contributed by atoms with E-state index >= 15 is 0 Å². The standard InChI is InChI=1S/C13H26N2O/c1-11-12(4-9-16-11)10-15-8-7-13(14)5-2-3-6-13/h11-12,15H,2-10,14H2,1H3. The smallest absolute Gasteiger partial charge is 0.0588 e. The van der Waals surface area contributed by atoms with Gasteiger partial charge in [-0.2, -0.15) is 0 Å². The monoisotopic (exact) mass is 226 g/mol. The predicted octanol–water partition coefficient (Wildman–Crippen LogP) is 1.66. The number of nitrogens with two attached hydrogens (primary N) is 1. The lowest BCUT2D eigenvalue weighted by Crippen LogP contribution is -2.40. The number of nitrogens with one attached hydrogen (secondary N) is 1. The van der Waals surface area contributed by atoms with Crippen molar-refractivity contribution in [1.29, 1.82) is 0 Å². The van der Waals surface area contributed by atoms with Crippen molar-refractivity contribution in [2.24, 2.45) is 11.7 Å². The molecule has 2 unspecified atom stereocenters. The van der Waals surface area contributed by atoms with Gasteiger partial charge in [-0.3, -0.25) is 0 Å². The van der Waals surface area contributed by atoms with E-state index in [-0.39, 0.29) is 5.54 Å². The second kappa shape index (κ2) is 5.48. The van der Waals surface area contributed by atoms with E-state index in [0.717, 1.165) is 26.1 Å². The minimum absolute atomic E-state index is 0.144. The Kier molecular flexibility index (Phi) is 4.22. The zero-order valence-corrected chi connectivity index (χ0v) is 10.5. The summed E-state index contributed by atoms with van der Waals surface area (Å²) in [6, 6.07) is 0. The first-order valence-corrected chi connectivity index (χ1v) is 6.81. The Morgan fingerprint density at radius 3 is 2.75 bits per heavy atom. The van der Waals surface area contributed by atoms with Crippen LogP contribution in [0.25, 0.3) is 0 Å². The maximum Gasteiger partial charge on any atom is 0.0588 e. The lowest BCUT2D eigenvalue weighted by atomic mass is 9.94. The minimum Gasteiger partial charge on any atom is -0.378 e. The maximum absolute atomic E-state index is 6.32. The molecular weight excluding hydrogens is 200 g/mol. The van der Waals surface area contributed by atoms with E-state index in [1.54, 1.807) is 0 Å². The SMILES string of the molecule is CC1OCCC1CNCCC1(N)CCCC1. The van der Waals surface area contributed by atoms with Crippen LogP contribution in [0.1, 0.15) is 45.4 Å². The molecule has 3 nitrogen and oxygen atoms in total. The van der Waals surface area contributed by atoms with Gasteiger partial charge in [-0.15, -0.1) is 0 Å². The fraction of sp³-hybridized carbons (Fsp3) is 1.00. The molecule has 1 saturated carbocycles. The van der Waals surface area contributed by atoms with Gasteiger partial charge < -0.3 is 15.8 Å². The second-order valence-corrected chi connectivity index (χ2v) is 5.65. The van der Waals surface area contributed by atoms with E-state index in [1.807, 2.05) is 0 Å². The third kappa shape index (κ3) is 3.19. The molecule has 2 rings (SSSR count). The first-order chi connectivity index (χ1) is 7.70. The first-order valence-electron chi connectivity index (χ1n) is 6.81. The van der Waals surface area contributed by atoms with Crippen LogP contribution in [0.5, 0.6) is 0 Å². The molecule has 1 aliphatic carbocycles. The van der Waals surface area contributed by atoms with E-state index in [0.29, 0.717) is 12.0 Å². The molecule has 2 atom stereocenters. The summed E-state index contributed by atoms with van der Waals surface area (Å²) in [5.74, 6) is 0.706. The predicted molar refractivity (Wildman–Crippen MR) is 66.4 cm³/mol. The molecule has 94 valence electrons. The summed E-state index contributed by atoms with van der Waals surface area (Å²) < 4.78 is 5.55. The van der Waals surface area contributed by atoms with Crippen LogP contribution in [0.15, 0.2) is 0 Å². The molecule has 0 radical (unpaired) electrons. The molecule has 1 heterocycles. The number of rotatable bonds is 5. The quantitative estimate of drug-likeness (QED) is 0.701. The van der Waals surface area contributed by atoms with Crippen molar-refractivity contribution in [2.75, 3.05) is 19.7 Å². The summed E-state index contributed by atoms with van der Waals surface area (Å²) in [5.41, 5.74) is 6.46. The van der Waals surface area contributed by atoms with Gasteiger partial charge >= 0.3 is 0 Å². The Labute approximate surface area is 99.1 Å². The van der Waals surface area contributed by atoms with Gasteiger partial charge in [-0.1, -0.05) is 12.8 Å². The summed E-state index contributed by atoms with van der Waals surface area (Å²) >= 11 is 0. The number of ether oxygens (including phenoxy) is 1. The van der Waals surface area contributed by atoms with Gasteiger partial charge in [0.05, 0.1) is 6.10 Å². The average molecular weight is 226 g/mol. The van der Waals surface area contributed by atoms with Crippen molar-refractivity contribution < 1.29 is 4.74 Å². The summed E-state index contributed by atoms with van der Waals surface area (Å²) in [7, 11) is 0. The summed E-state index contributed by atoms with van der Waals surface area (Å²) in [6.07, 6.45) is 7.87. The van der Waals surface area contributed by atoms with E-state index in [4.69, 9.17) is 10.5 Å². The molecule has 3 heteroatoms. The van der Waals surface area contributed by atoms with E-state index in [1.165, 1.54) is 32.1 Å². The largest absolute Gasteiger partial charge is 0.378 e. The Hall–Kier alpha value is -0.120. The lowest BCUT2D eigenvalue weighted by Gasteiger charge is -2.24. The average Bonchev–Trinajstić information content (AvgIpc) is 2.84. The molecule has 16 heavy (non-hydrogen) atoms. The molecule has 0 amide bonds. The summed E-state index contributed by atoms with van der Waals surface area (Å²) in [4.78, 5) is 0. The van der Waals surface area contributed by atoms with Crippen LogP contribution in [-0.4, -0.2) is 31.3 Å². The van der Waals surface area contributed by atoms with E-state index in [2.05, 4.69) is 12.2 Å². The molecule has 2 fully saturated rings. The van der Waals surface area contributed by atoms with Crippen LogP contribution >= 0.6 is 0 Å². The third-order valence-electron chi connectivity index (χ3n) is 4.34. The molecule has 0 aromatic rings. The van der Waals surface area contributed by atoms with Gasteiger partial charge in [0.2, 0.25) is 0 Å². The van der Waals surface area contributed by atoms with Crippen LogP contribution < -0.4 is 11.1 Å². The molecule has 0 spiro atoms. The summed E-state index contributed by atoms with van der Waals surface area (Å²) in [6.45, 7) is 5.28.